The van der Waals surface area contributed by atoms with Crippen molar-refractivity contribution in [1.29, 1.82) is 0 Å². The summed E-state index contributed by atoms with van der Waals surface area (Å²) in [5.41, 5.74) is 8.55. The lowest BCUT2D eigenvalue weighted by Crippen LogP contribution is -2.29. The molecule has 0 saturated carbocycles. The Morgan fingerprint density at radius 3 is 2.52 bits per heavy atom. The number of para-hydroxylation sites is 1. The molecule has 3 aromatic rings. The maximum absolute atomic E-state index is 6.42. The maximum atomic E-state index is 6.42. The summed E-state index contributed by atoms with van der Waals surface area (Å²) in [6.45, 7) is 1.49. The van der Waals surface area contributed by atoms with Gasteiger partial charge in [0.25, 0.3) is 0 Å². The van der Waals surface area contributed by atoms with Crippen molar-refractivity contribution < 1.29 is 4.74 Å². The summed E-state index contributed by atoms with van der Waals surface area (Å²) < 4.78 is 6.98. The number of rotatable bonds is 4. The molecule has 1 aliphatic heterocycles. The zero-order chi connectivity index (χ0) is 17.2. The predicted molar refractivity (Wildman–Crippen MR) is 95.1 cm³/mol. The van der Waals surface area contributed by atoms with Crippen LogP contribution in [-0.4, -0.2) is 46.4 Å². The molecule has 0 aliphatic carbocycles. The summed E-state index contributed by atoms with van der Waals surface area (Å²) in [7, 11) is 1.67. The van der Waals surface area contributed by atoms with E-state index in [4.69, 9.17) is 10.5 Å². The SMILES string of the molecule is COc1ccc([C@H]2CN(c3nnnn3-c3ccccc3)C[C@@H]2N)cc1. The largest absolute Gasteiger partial charge is 0.497 e. The van der Waals surface area contributed by atoms with E-state index in [1.165, 1.54) is 5.56 Å². The molecule has 0 spiro atoms. The number of hydrogen-bond donors (Lipinski definition) is 1. The third kappa shape index (κ3) is 2.94. The average Bonchev–Trinajstić information content (AvgIpc) is 3.29. The molecule has 4 rings (SSSR count). The topological polar surface area (TPSA) is 82.1 Å². The van der Waals surface area contributed by atoms with Crippen molar-refractivity contribution in [3.8, 4) is 11.4 Å². The molecule has 7 heteroatoms. The van der Waals surface area contributed by atoms with E-state index in [1.807, 2.05) is 42.5 Å². The Kier molecular flexibility index (Phi) is 4.07. The van der Waals surface area contributed by atoms with E-state index < -0.39 is 0 Å². The van der Waals surface area contributed by atoms with Crippen LogP contribution < -0.4 is 15.4 Å². The number of nitrogens with zero attached hydrogens (tertiary/aromatic N) is 5. The van der Waals surface area contributed by atoms with Crippen LogP contribution in [0.25, 0.3) is 5.69 Å². The van der Waals surface area contributed by atoms with E-state index >= 15 is 0 Å². The highest BCUT2D eigenvalue weighted by Crippen LogP contribution is 2.30. The summed E-state index contributed by atoms with van der Waals surface area (Å²) in [5, 5.41) is 12.2. The molecule has 2 atom stereocenters. The highest BCUT2D eigenvalue weighted by Gasteiger charge is 2.34. The van der Waals surface area contributed by atoms with Gasteiger partial charge in [0.2, 0.25) is 5.95 Å². The fraction of sp³-hybridized carbons (Fsp3) is 0.278. The van der Waals surface area contributed by atoms with Gasteiger partial charge in [0.05, 0.1) is 12.8 Å². The van der Waals surface area contributed by atoms with Crippen molar-refractivity contribution in [1.82, 2.24) is 20.2 Å². The van der Waals surface area contributed by atoms with Crippen LogP contribution in [0.4, 0.5) is 5.95 Å². The van der Waals surface area contributed by atoms with Crippen LogP contribution in [0.5, 0.6) is 5.75 Å². The molecule has 1 aliphatic rings. The summed E-state index contributed by atoms with van der Waals surface area (Å²) in [4.78, 5) is 2.15. The number of methoxy groups -OCH3 is 1. The number of benzene rings is 2. The number of ether oxygens (including phenoxy) is 1. The van der Waals surface area contributed by atoms with Gasteiger partial charge in [0.1, 0.15) is 5.75 Å². The van der Waals surface area contributed by atoms with Crippen LogP contribution in [-0.2, 0) is 0 Å². The van der Waals surface area contributed by atoms with Gasteiger partial charge in [-0.05, 0) is 40.3 Å². The molecule has 2 N–H and O–H groups in total. The van der Waals surface area contributed by atoms with Gasteiger partial charge in [-0.3, -0.25) is 0 Å². The Balaban J connectivity index is 1.59. The van der Waals surface area contributed by atoms with E-state index in [2.05, 4.69) is 32.6 Å². The van der Waals surface area contributed by atoms with Gasteiger partial charge in [-0.1, -0.05) is 35.4 Å². The van der Waals surface area contributed by atoms with Crippen molar-refractivity contribution >= 4 is 5.95 Å². The minimum Gasteiger partial charge on any atom is -0.497 e. The van der Waals surface area contributed by atoms with Gasteiger partial charge in [0, 0.05) is 25.0 Å². The van der Waals surface area contributed by atoms with Gasteiger partial charge in [-0.2, -0.15) is 4.68 Å². The van der Waals surface area contributed by atoms with Gasteiger partial charge in [-0.15, -0.1) is 0 Å². The Labute approximate surface area is 146 Å². The molecule has 1 aromatic heterocycles. The van der Waals surface area contributed by atoms with E-state index in [9.17, 15) is 0 Å². The van der Waals surface area contributed by atoms with Crippen molar-refractivity contribution in [3.63, 3.8) is 0 Å². The first-order chi connectivity index (χ1) is 12.3. The Hall–Kier alpha value is -2.93. The normalized spacial score (nSPS) is 20.0. The van der Waals surface area contributed by atoms with Crippen molar-refractivity contribution in [2.45, 2.75) is 12.0 Å². The average molecular weight is 336 g/mol. The Morgan fingerprint density at radius 1 is 1.04 bits per heavy atom. The smallest absolute Gasteiger partial charge is 0.250 e. The van der Waals surface area contributed by atoms with Crippen LogP contribution in [0.2, 0.25) is 0 Å². The number of tetrazole rings is 1. The molecule has 7 nitrogen and oxygen atoms in total. The van der Waals surface area contributed by atoms with Gasteiger partial charge < -0.3 is 15.4 Å². The first kappa shape index (κ1) is 15.6. The third-order valence-electron chi connectivity index (χ3n) is 4.65. The molecule has 0 amide bonds. The van der Waals surface area contributed by atoms with E-state index in [-0.39, 0.29) is 12.0 Å². The van der Waals surface area contributed by atoms with Crippen LogP contribution >= 0.6 is 0 Å². The van der Waals surface area contributed by atoms with Crippen LogP contribution in [0.1, 0.15) is 11.5 Å². The Bertz CT molecular complexity index is 832. The molecule has 2 aromatic carbocycles. The van der Waals surface area contributed by atoms with Crippen LogP contribution in [0.15, 0.2) is 54.6 Å². The summed E-state index contributed by atoms with van der Waals surface area (Å²) >= 11 is 0. The molecule has 0 bridgehead atoms. The molecular formula is C18H20N6O. The molecule has 1 saturated heterocycles. The molecule has 0 radical (unpaired) electrons. The van der Waals surface area contributed by atoms with Gasteiger partial charge >= 0.3 is 0 Å². The zero-order valence-electron chi connectivity index (χ0n) is 14.0. The lowest BCUT2D eigenvalue weighted by molar-refractivity contribution is 0.414. The van der Waals surface area contributed by atoms with Crippen molar-refractivity contribution in [2.24, 2.45) is 5.73 Å². The van der Waals surface area contributed by atoms with E-state index in [0.29, 0.717) is 6.54 Å². The third-order valence-corrected chi connectivity index (χ3v) is 4.65. The molecule has 2 heterocycles. The lowest BCUT2D eigenvalue weighted by Gasteiger charge is -2.17. The van der Waals surface area contributed by atoms with Crippen molar-refractivity contribution in [2.75, 3.05) is 25.1 Å². The quantitative estimate of drug-likeness (QED) is 0.779. The van der Waals surface area contributed by atoms with E-state index in [1.54, 1.807) is 11.8 Å². The second-order valence-corrected chi connectivity index (χ2v) is 6.17. The monoisotopic (exact) mass is 336 g/mol. The first-order valence-corrected chi connectivity index (χ1v) is 8.24. The summed E-state index contributed by atoms with van der Waals surface area (Å²) in [6, 6.07) is 18.0. The second-order valence-electron chi connectivity index (χ2n) is 6.17. The van der Waals surface area contributed by atoms with Crippen molar-refractivity contribution in [3.05, 3.63) is 60.2 Å². The standard InChI is InChI=1S/C18H20N6O/c1-25-15-9-7-13(8-10-15)16-11-23(12-17(16)19)18-20-21-22-24(18)14-5-3-2-4-6-14/h2-10,16-17H,11-12,19H2,1H3/t16-,17+/m1/s1. The minimum atomic E-state index is 0.0225. The molecule has 128 valence electrons. The fourth-order valence-corrected chi connectivity index (χ4v) is 3.31. The lowest BCUT2D eigenvalue weighted by atomic mass is 9.95. The highest BCUT2D eigenvalue weighted by atomic mass is 16.5. The molecule has 0 unspecified atom stereocenters. The zero-order valence-corrected chi connectivity index (χ0v) is 14.0. The summed E-state index contributed by atoms with van der Waals surface area (Å²) in [5.74, 6) is 1.80. The predicted octanol–water partition coefficient (Wildman–Crippen LogP) is 1.60. The molecule has 1 fully saturated rings. The minimum absolute atomic E-state index is 0.0225. The van der Waals surface area contributed by atoms with Crippen LogP contribution in [0, 0.1) is 0 Å². The Morgan fingerprint density at radius 2 is 1.80 bits per heavy atom. The highest BCUT2D eigenvalue weighted by molar-refractivity contribution is 5.44. The second kappa shape index (κ2) is 6.52. The first-order valence-electron chi connectivity index (χ1n) is 8.24. The fourth-order valence-electron chi connectivity index (χ4n) is 3.31. The maximum Gasteiger partial charge on any atom is 0.250 e. The number of hydrogen-bond acceptors (Lipinski definition) is 6. The summed E-state index contributed by atoms with van der Waals surface area (Å²) in [6.07, 6.45) is 0. The van der Waals surface area contributed by atoms with Gasteiger partial charge in [0.15, 0.2) is 0 Å². The molecular weight excluding hydrogens is 316 g/mol. The van der Waals surface area contributed by atoms with Crippen LogP contribution in [0.3, 0.4) is 0 Å². The van der Waals surface area contributed by atoms with E-state index in [0.717, 1.165) is 23.9 Å². The number of aromatic nitrogens is 4. The number of nitrogens with two attached hydrogens (primary N) is 1. The molecule has 25 heavy (non-hydrogen) atoms. The van der Waals surface area contributed by atoms with Gasteiger partial charge in [-0.25, -0.2) is 0 Å². The number of anilines is 1.